The molecule has 0 fully saturated rings. The summed E-state index contributed by atoms with van der Waals surface area (Å²) in [6, 6.07) is 10.8. The lowest BCUT2D eigenvalue weighted by Crippen LogP contribution is -2.49. The number of nitrogens with one attached hydrogen (secondary N) is 1. The number of amides is 2. The van der Waals surface area contributed by atoms with E-state index >= 15 is 0 Å². The van der Waals surface area contributed by atoms with E-state index in [1.807, 2.05) is 47.2 Å². The first-order valence-corrected chi connectivity index (χ1v) is 9.80. The van der Waals surface area contributed by atoms with Gasteiger partial charge in [-0.25, -0.2) is 0 Å². The molecule has 1 aliphatic rings. The van der Waals surface area contributed by atoms with Crippen molar-refractivity contribution in [1.82, 2.24) is 14.8 Å². The second-order valence-electron chi connectivity index (χ2n) is 7.40. The highest BCUT2D eigenvalue weighted by atomic mass is 35.5. The van der Waals surface area contributed by atoms with Gasteiger partial charge < -0.3 is 14.8 Å². The summed E-state index contributed by atoms with van der Waals surface area (Å²) in [5.41, 5.74) is 1.96. The molecule has 1 aromatic carbocycles. The number of benzene rings is 1. The molecule has 27 heavy (non-hydrogen) atoms. The van der Waals surface area contributed by atoms with Crippen LogP contribution in [0.2, 0.25) is 5.02 Å². The molecule has 0 saturated heterocycles. The fraction of sp³-hybridized carbons (Fsp3) is 0.429. The average molecular weight is 388 g/mol. The molecule has 3 rings (SSSR count). The molecular weight excluding hydrogens is 362 g/mol. The number of carbonyl (C=O) groups is 2. The van der Waals surface area contributed by atoms with Crippen LogP contribution in [0.5, 0.6) is 0 Å². The molecule has 2 aromatic rings. The Labute approximate surface area is 165 Å². The molecule has 1 aromatic heterocycles. The molecule has 1 aliphatic heterocycles. The van der Waals surface area contributed by atoms with E-state index in [1.54, 1.807) is 4.90 Å². The Morgan fingerprint density at radius 1 is 1.26 bits per heavy atom. The number of nitrogens with zero attached hydrogens (tertiary/aromatic N) is 2. The molecule has 0 saturated carbocycles. The summed E-state index contributed by atoms with van der Waals surface area (Å²) in [4.78, 5) is 27.4. The van der Waals surface area contributed by atoms with Crippen molar-refractivity contribution in [2.45, 2.75) is 39.3 Å². The Balaban J connectivity index is 1.75. The van der Waals surface area contributed by atoms with Crippen molar-refractivity contribution < 1.29 is 9.59 Å². The lowest BCUT2D eigenvalue weighted by atomic mass is 10.1. The minimum Gasteiger partial charge on any atom is -0.354 e. The molecule has 1 atom stereocenters. The number of aromatic nitrogens is 1. The van der Waals surface area contributed by atoms with Gasteiger partial charge in [-0.1, -0.05) is 37.6 Å². The SMILES string of the molecule is CC(C)CCNC(=O)C1c2cccn2CC(=O)N1CCc1ccc(Cl)cc1. The Morgan fingerprint density at radius 3 is 2.70 bits per heavy atom. The fourth-order valence-corrected chi connectivity index (χ4v) is 3.50. The zero-order valence-corrected chi connectivity index (χ0v) is 16.6. The third-order valence-corrected chi connectivity index (χ3v) is 5.16. The summed E-state index contributed by atoms with van der Waals surface area (Å²) in [5.74, 6) is 0.375. The second kappa shape index (κ2) is 8.61. The maximum absolute atomic E-state index is 12.9. The normalized spacial score (nSPS) is 16.5. The predicted molar refractivity (Wildman–Crippen MR) is 107 cm³/mol. The van der Waals surface area contributed by atoms with Gasteiger partial charge in [0.2, 0.25) is 11.8 Å². The Bertz CT molecular complexity index is 798. The van der Waals surface area contributed by atoms with Crippen LogP contribution in [0.3, 0.4) is 0 Å². The van der Waals surface area contributed by atoms with E-state index in [9.17, 15) is 9.59 Å². The summed E-state index contributed by atoms with van der Waals surface area (Å²) in [7, 11) is 0. The zero-order chi connectivity index (χ0) is 19.4. The first-order valence-electron chi connectivity index (χ1n) is 9.42. The van der Waals surface area contributed by atoms with Crippen LogP contribution >= 0.6 is 11.6 Å². The van der Waals surface area contributed by atoms with Crippen molar-refractivity contribution in [2.24, 2.45) is 5.92 Å². The number of fused-ring (bicyclic) bond motifs is 1. The van der Waals surface area contributed by atoms with Crippen LogP contribution in [0.4, 0.5) is 0 Å². The highest BCUT2D eigenvalue weighted by molar-refractivity contribution is 6.30. The summed E-state index contributed by atoms with van der Waals surface area (Å²) < 4.78 is 1.87. The van der Waals surface area contributed by atoms with Crippen molar-refractivity contribution >= 4 is 23.4 Å². The van der Waals surface area contributed by atoms with Crippen LogP contribution in [-0.2, 0) is 22.6 Å². The molecule has 2 amide bonds. The van der Waals surface area contributed by atoms with Crippen LogP contribution in [0.25, 0.3) is 0 Å². The number of hydrogen-bond donors (Lipinski definition) is 1. The molecule has 2 heterocycles. The molecule has 0 bridgehead atoms. The van der Waals surface area contributed by atoms with Gasteiger partial charge in [-0.3, -0.25) is 9.59 Å². The number of halogens is 1. The topological polar surface area (TPSA) is 54.3 Å². The zero-order valence-electron chi connectivity index (χ0n) is 15.8. The van der Waals surface area contributed by atoms with Crippen molar-refractivity contribution in [3.05, 3.63) is 58.9 Å². The van der Waals surface area contributed by atoms with E-state index in [-0.39, 0.29) is 18.4 Å². The van der Waals surface area contributed by atoms with Gasteiger partial charge in [0.15, 0.2) is 6.04 Å². The first-order chi connectivity index (χ1) is 13.0. The van der Waals surface area contributed by atoms with Gasteiger partial charge in [0.1, 0.15) is 6.54 Å². The summed E-state index contributed by atoms with van der Waals surface area (Å²) in [6.45, 7) is 5.64. The second-order valence-corrected chi connectivity index (χ2v) is 7.84. The monoisotopic (exact) mass is 387 g/mol. The van der Waals surface area contributed by atoms with Crippen LogP contribution in [0.15, 0.2) is 42.6 Å². The Morgan fingerprint density at radius 2 is 2.00 bits per heavy atom. The lowest BCUT2D eigenvalue weighted by molar-refractivity contribution is -0.143. The van der Waals surface area contributed by atoms with Crippen molar-refractivity contribution in [3.63, 3.8) is 0 Å². The highest BCUT2D eigenvalue weighted by Gasteiger charge is 2.36. The van der Waals surface area contributed by atoms with Gasteiger partial charge in [-0.2, -0.15) is 0 Å². The van der Waals surface area contributed by atoms with Gasteiger partial charge in [0.25, 0.3) is 0 Å². The lowest BCUT2D eigenvalue weighted by Gasteiger charge is -2.36. The van der Waals surface area contributed by atoms with E-state index < -0.39 is 6.04 Å². The number of hydrogen-bond acceptors (Lipinski definition) is 2. The van der Waals surface area contributed by atoms with Gasteiger partial charge in [0.05, 0.1) is 5.69 Å². The minimum absolute atomic E-state index is 0.0309. The van der Waals surface area contributed by atoms with Gasteiger partial charge >= 0.3 is 0 Å². The van der Waals surface area contributed by atoms with E-state index in [2.05, 4.69) is 19.2 Å². The van der Waals surface area contributed by atoms with Crippen molar-refractivity contribution in [3.8, 4) is 0 Å². The van der Waals surface area contributed by atoms with Crippen LogP contribution in [0.1, 0.15) is 37.6 Å². The van der Waals surface area contributed by atoms with Gasteiger partial charge in [-0.05, 0) is 48.6 Å². The van der Waals surface area contributed by atoms with E-state index in [1.165, 1.54) is 0 Å². The largest absolute Gasteiger partial charge is 0.354 e. The van der Waals surface area contributed by atoms with Gasteiger partial charge in [0, 0.05) is 24.3 Å². The molecule has 1 unspecified atom stereocenters. The highest BCUT2D eigenvalue weighted by Crippen LogP contribution is 2.27. The van der Waals surface area contributed by atoms with E-state index in [0.29, 0.717) is 30.5 Å². The quantitative estimate of drug-likeness (QED) is 0.791. The predicted octanol–water partition coefficient (Wildman–Crippen LogP) is 3.43. The summed E-state index contributed by atoms with van der Waals surface area (Å²) in [6.07, 6.45) is 3.45. The number of rotatable bonds is 7. The molecule has 6 heteroatoms. The third kappa shape index (κ3) is 4.72. The maximum Gasteiger partial charge on any atom is 0.248 e. The van der Waals surface area contributed by atoms with E-state index in [4.69, 9.17) is 11.6 Å². The summed E-state index contributed by atoms with van der Waals surface area (Å²) >= 11 is 5.94. The Kier molecular flexibility index (Phi) is 6.22. The minimum atomic E-state index is -0.583. The molecular formula is C21H26ClN3O2. The van der Waals surface area contributed by atoms with E-state index in [0.717, 1.165) is 17.7 Å². The standard InChI is InChI=1S/C21H26ClN3O2/c1-15(2)9-11-23-21(27)20-18-4-3-12-24(18)14-19(26)25(20)13-10-16-5-7-17(22)8-6-16/h3-8,12,15,20H,9-11,13-14H2,1-2H3,(H,23,27). The van der Waals surface area contributed by atoms with Gasteiger partial charge in [-0.15, -0.1) is 0 Å². The molecule has 1 N–H and O–H groups in total. The fourth-order valence-electron chi connectivity index (χ4n) is 3.37. The number of carbonyl (C=O) groups excluding carboxylic acids is 2. The smallest absolute Gasteiger partial charge is 0.248 e. The maximum atomic E-state index is 12.9. The van der Waals surface area contributed by atoms with Crippen molar-refractivity contribution in [2.75, 3.05) is 13.1 Å². The molecule has 0 radical (unpaired) electrons. The summed E-state index contributed by atoms with van der Waals surface area (Å²) in [5, 5.41) is 3.69. The van der Waals surface area contributed by atoms with Crippen LogP contribution < -0.4 is 5.32 Å². The molecule has 0 aliphatic carbocycles. The molecule has 144 valence electrons. The average Bonchev–Trinajstić information content (AvgIpc) is 3.08. The molecule has 5 nitrogen and oxygen atoms in total. The van der Waals surface area contributed by atoms with Crippen LogP contribution in [-0.4, -0.2) is 34.4 Å². The first kappa shape index (κ1) is 19.5. The molecule has 0 spiro atoms. The van der Waals surface area contributed by atoms with Crippen molar-refractivity contribution in [1.29, 1.82) is 0 Å². The third-order valence-electron chi connectivity index (χ3n) is 4.91. The van der Waals surface area contributed by atoms with Crippen LogP contribution in [0, 0.1) is 5.92 Å². The Hall–Kier alpha value is -2.27.